The van der Waals surface area contributed by atoms with Crippen molar-refractivity contribution in [2.24, 2.45) is 5.73 Å². The average molecular weight is 310 g/mol. The van der Waals surface area contributed by atoms with Gasteiger partial charge in [0.1, 0.15) is 17.3 Å². The summed E-state index contributed by atoms with van der Waals surface area (Å²) in [6.07, 6.45) is -0.266. The van der Waals surface area contributed by atoms with Gasteiger partial charge in [0.2, 0.25) is 0 Å². The number of aryl methyl sites for hydroxylation is 2. The van der Waals surface area contributed by atoms with Gasteiger partial charge in [-0.25, -0.2) is 0 Å². The van der Waals surface area contributed by atoms with Crippen LogP contribution in [0, 0.1) is 13.8 Å². The molecule has 0 aliphatic rings. The monoisotopic (exact) mass is 309 g/mol. The Kier molecular flexibility index (Phi) is 4.09. The lowest BCUT2D eigenvalue weighted by Gasteiger charge is -2.16. The van der Waals surface area contributed by atoms with Crippen LogP contribution in [0.5, 0.6) is 5.75 Å². The third kappa shape index (κ3) is 2.94. The highest BCUT2D eigenvalue weighted by atomic mass is 79.9. The molecule has 18 heavy (non-hydrogen) atoms. The first-order valence-electron chi connectivity index (χ1n) is 5.79. The topological polar surface area (TPSA) is 48.4 Å². The van der Waals surface area contributed by atoms with Crippen molar-refractivity contribution in [2.75, 3.05) is 6.54 Å². The summed E-state index contributed by atoms with van der Waals surface area (Å²) in [4.78, 5) is 0. The molecule has 3 nitrogen and oxygen atoms in total. The summed E-state index contributed by atoms with van der Waals surface area (Å²) >= 11 is 3.49. The lowest BCUT2D eigenvalue weighted by molar-refractivity contribution is 0.181. The number of ether oxygens (including phenoxy) is 1. The quantitative estimate of drug-likeness (QED) is 0.936. The molecule has 2 rings (SSSR count). The maximum Gasteiger partial charge on any atom is 0.168 e. The normalized spacial score (nSPS) is 12.4. The average Bonchev–Trinajstić information content (AvgIpc) is 2.75. The maximum atomic E-state index is 5.88. The lowest BCUT2D eigenvalue weighted by atomic mass is 10.2. The van der Waals surface area contributed by atoms with Crippen molar-refractivity contribution in [3.8, 4) is 5.75 Å². The summed E-state index contributed by atoms with van der Waals surface area (Å²) in [6.45, 7) is 4.30. The van der Waals surface area contributed by atoms with Gasteiger partial charge >= 0.3 is 0 Å². The highest BCUT2D eigenvalue weighted by Gasteiger charge is 2.16. The Balaban J connectivity index is 2.20. The lowest BCUT2D eigenvalue weighted by Crippen LogP contribution is -2.18. The Morgan fingerprint density at radius 1 is 1.28 bits per heavy atom. The Labute approximate surface area is 115 Å². The molecule has 1 heterocycles. The second-order valence-corrected chi connectivity index (χ2v) is 5.08. The highest BCUT2D eigenvalue weighted by molar-refractivity contribution is 9.10. The van der Waals surface area contributed by atoms with E-state index in [1.165, 1.54) is 5.56 Å². The fourth-order valence-electron chi connectivity index (χ4n) is 1.70. The fourth-order valence-corrected chi connectivity index (χ4v) is 2.29. The third-order valence-corrected chi connectivity index (χ3v) is 3.27. The summed E-state index contributed by atoms with van der Waals surface area (Å²) in [5.74, 6) is 2.38. The molecule has 1 aromatic heterocycles. The Bertz CT molecular complexity index is 536. The van der Waals surface area contributed by atoms with Crippen LogP contribution in [-0.2, 0) is 0 Å². The number of nitrogens with two attached hydrogens (primary N) is 1. The highest BCUT2D eigenvalue weighted by Crippen LogP contribution is 2.30. The number of hydrogen-bond donors (Lipinski definition) is 1. The summed E-state index contributed by atoms with van der Waals surface area (Å²) in [5, 5.41) is 0. The van der Waals surface area contributed by atoms with E-state index in [9.17, 15) is 0 Å². The van der Waals surface area contributed by atoms with Crippen LogP contribution in [0.2, 0.25) is 0 Å². The van der Waals surface area contributed by atoms with Crippen molar-refractivity contribution in [1.29, 1.82) is 0 Å². The van der Waals surface area contributed by atoms with E-state index in [2.05, 4.69) is 15.9 Å². The minimum atomic E-state index is -0.266. The van der Waals surface area contributed by atoms with E-state index >= 15 is 0 Å². The molecule has 0 amide bonds. The predicted octanol–water partition coefficient (Wildman–Crippen LogP) is 3.74. The Morgan fingerprint density at radius 2 is 2.06 bits per heavy atom. The minimum Gasteiger partial charge on any atom is -0.480 e. The van der Waals surface area contributed by atoms with Crippen molar-refractivity contribution in [3.05, 3.63) is 51.9 Å². The molecule has 0 aliphatic heterocycles. The van der Waals surface area contributed by atoms with Crippen molar-refractivity contribution in [1.82, 2.24) is 0 Å². The van der Waals surface area contributed by atoms with Gasteiger partial charge < -0.3 is 14.9 Å². The van der Waals surface area contributed by atoms with Gasteiger partial charge in [0.15, 0.2) is 6.10 Å². The van der Waals surface area contributed by atoms with Crippen molar-refractivity contribution in [3.63, 3.8) is 0 Å². The SMILES string of the molecule is Cc1ccc(OC(CN)c2ccc(C)o2)c(Br)c1. The summed E-state index contributed by atoms with van der Waals surface area (Å²) < 4.78 is 12.4. The van der Waals surface area contributed by atoms with Gasteiger partial charge in [-0.05, 0) is 59.6 Å². The van der Waals surface area contributed by atoms with Crippen LogP contribution in [0.3, 0.4) is 0 Å². The molecule has 0 aliphatic carbocycles. The van der Waals surface area contributed by atoms with E-state index in [-0.39, 0.29) is 6.10 Å². The van der Waals surface area contributed by atoms with E-state index < -0.39 is 0 Å². The smallest absolute Gasteiger partial charge is 0.168 e. The number of benzene rings is 1. The van der Waals surface area contributed by atoms with Crippen LogP contribution in [0.15, 0.2) is 39.2 Å². The van der Waals surface area contributed by atoms with Crippen LogP contribution in [-0.4, -0.2) is 6.54 Å². The molecule has 1 aromatic carbocycles. The molecule has 0 spiro atoms. The maximum absolute atomic E-state index is 5.88. The van der Waals surface area contributed by atoms with Gasteiger partial charge in [-0.1, -0.05) is 6.07 Å². The van der Waals surface area contributed by atoms with Crippen LogP contribution in [0.4, 0.5) is 0 Å². The zero-order valence-electron chi connectivity index (χ0n) is 10.4. The predicted molar refractivity (Wildman–Crippen MR) is 74.7 cm³/mol. The molecular weight excluding hydrogens is 294 g/mol. The summed E-state index contributed by atoms with van der Waals surface area (Å²) in [5.41, 5.74) is 6.92. The molecule has 0 saturated heterocycles. The molecule has 0 bridgehead atoms. The number of furan rings is 1. The van der Waals surface area contributed by atoms with Gasteiger partial charge in [0, 0.05) is 6.54 Å². The van der Waals surface area contributed by atoms with Gasteiger partial charge in [0.25, 0.3) is 0 Å². The van der Waals surface area contributed by atoms with Gasteiger partial charge in [-0.3, -0.25) is 0 Å². The van der Waals surface area contributed by atoms with Crippen molar-refractivity contribution in [2.45, 2.75) is 20.0 Å². The van der Waals surface area contributed by atoms with Crippen LogP contribution >= 0.6 is 15.9 Å². The van der Waals surface area contributed by atoms with Gasteiger partial charge in [-0.2, -0.15) is 0 Å². The van der Waals surface area contributed by atoms with E-state index in [4.69, 9.17) is 14.9 Å². The molecule has 1 atom stereocenters. The Hall–Kier alpha value is -1.26. The summed E-state index contributed by atoms with van der Waals surface area (Å²) in [7, 11) is 0. The van der Waals surface area contributed by atoms with E-state index in [0.717, 1.165) is 21.7 Å². The first-order valence-corrected chi connectivity index (χ1v) is 6.58. The number of hydrogen-bond acceptors (Lipinski definition) is 3. The third-order valence-electron chi connectivity index (χ3n) is 2.65. The first kappa shape index (κ1) is 13.2. The molecule has 0 saturated carbocycles. The van der Waals surface area contributed by atoms with Crippen molar-refractivity contribution < 1.29 is 9.15 Å². The second kappa shape index (κ2) is 5.59. The zero-order valence-corrected chi connectivity index (χ0v) is 12.0. The van der Waals surface area contributed by atoms with E-state index in [1.807, 2.05) is 44.2 Å². The Morgan fingerprint density at radius 3 is 2.61 bits per heavy atom. The minimum absolute atomic E-state index is 0.266. The molecule has 0 fully saturated rings. The molecule has 0 radical (unpaired) electrons. The molecule has 2 aromatic rings. The van der Waals surface area contributed by atoms with E-state index in [0.29, 0.717) is 6.54 Å². The standard InChI is InChI=1S/C14H16BrNO2/c1-9-3-5-12(11(15)7-9)18-14(8-16)13-6-4-10(2)17-13/h3-7,14H,8,16H2,1-2H3. The van der Waals surface area contributed by atoms with Gasteiger partial charge in [0.05, 0.1) is 4.47 Å². The first-order chi connectivity index (χ1) is 8.60. The van der Waals surface area contributed by atoms with Crippen molar-refractivity contribution >= 4 is 15.9 Å². The molecule has 96 valence electrons. The number of rotatable bonds is 4. The largest absolute Gasteiger partial charge is 0.480 e. The van der Waals surface area contributed by atoms with Crippen LogP contribution in [0.1, 0.15) is 23.2 Å². The summed E-state index contributed by atoms with van der Waals surface area (Å²) in [6, 6.07) is 9.75. The van der Waals surface area contributed by atoms with E-state index in [1.54, 1.807) is 0 Å². The zero-order chi connectivity index (χ0) is 13.1. The fraction of sp³-hybridized carbons (Fsp3) is 0.286. The molecular formula is C14H16BrNO2. The molecule has 4 heteroatoms. The van der Waals surface area contributed by atoms with Gasteiger partial charge in [-0.15, -0.1) is 0 Å². The molecule has 1 unspecified atom stereocenters. The molecule has 2 N–H and O–H groups in total. The second-order valence-electron chi connectivity index (χ2n) is 4.22. The number of halogens is 1. The van der Waals surface area contributed by atoms with Crippen LogP contribution in [0.25, 0.3) is 0 Å². The van der Waals surface area contributed by atoms with Crippen LogP contribution < -0.4 is 10.5 Å².